The highest BCUT2D eigenvalue weighted by Crippen LogP contribution is 2.12. The van der Waals surface area contributed by atoms with Crippen molar-refractivity contribution in [3.05, 3.63) is 29.8 Å². The summed E-state index contributed by atoms with van der Waals surface area (Å²) in [7, 11) is -3.29. The summed E-state index contributed by atoms with van der Waals surface area (Å²) in [5.41, 5.74) is 11.8. The summed E-state index contributed by atoms with van der Waals surface area (Å²) in [6.07, 6.45) is 0. The van der Waals surface area contributed by atoms with Gasteiger partial charge < -0.3 is 11.5 Å². The Morgan fingerprint density at radius 1 is 1.27 bits per heavy atom. The Balaban J connectivity index is 2.91. The van der Waals surface area contributed by atoms with E-state index in [4.69, 9.17) is 11.5 Å². The van der Waals surface area contributed by atoms with Crippen LogP contribution in [-0.2, 0) is 9.84 Å². The zero-order valence-electron chi connectivity index (χ0n) is 8.68. The number of hydrogen-bond acceptors (Lipinski definition) is 4. The Kier molecular flexibility index (Phi) is 3.84. The van der Waals surface area contributed by atoms with Gasteiger partial charge in [-0.15, -0.1) is 0 Å². The molecule has 0 aliphatic rings. The molecule has 4 N–H and O–H groups in total. The number of hydrogen-bond donors (Lipinski definition) is 2. The lowest BCUT2D eigenvalue weighted by atomic mass is 10.2. The molecule has 1 rings (SSSR count). The summed E-state index contributed by atoms with van der Waals surface area (Å²) in [5, 5.41) is 0. The summed E-state index contributed by atoms with van der Waals surface area (Å²) in [6, 6.07) is 6.21. The van der Waals surface area contributed by atoms with E-state index >= 15 is 0 Å². The third-order valence-electron chi connectivity index (χ3n) is 2.12. The Morgan fingerprint density at radius 3 is 2.27 bits per heavy atom. The number of rotatable bonds is 4. The average molecular weight is 228 g/mol. The summed E-state index contributed by atoms with van der Waals surface area (Å²) >= 11 is 0. The van der Waals surface area contributed by atoms with Crippen molar-refractivity contribution >= 4 is 9.84 Å². The maximum absolute atomic E-state index is 11.8. The molecule has 0 spiro atoms. The fourth-order valence-corrected chi connectivity index (χ4v) is 2.63. The Labute approximate surface area is 90.2 Å². The molecule has 5 heteroatoms. The lowest BCUT2D eigenvalue weighted by Crippen LogP contribution is -2.36. The van der Waals surface area contributed by atoms with E-state index in [-0.39, 0.29) is 12.3 Å². The molecule has 0 bridgehead atoms. The molecule has 0 fully saturated rings. The van der Waals surface area contributed by atoms with Crippen molar-refractivity contribution in [3.63, 3.8) is 0 Å². The highest BCUT2D eigenvalue weighted by atomic mass is 32.2. The third-order valence-corrected chi connectivity index (χ3v) is 3.97. The smallest absolute Gasteiger partial charge is 0.179 e. The number of benzene rings is 1. The molecule has 1 aromatic rings. The predicted molar refractivity (Wildman–Crippen MR) is 60.3 cm³/mol. The number of nitrogens with two attached hydrogens (primary N) is 2. The molecule has 4 nitrogen and oxygen atoms in total. The number of aryl methyl sites for hydroxylation is 1. The predicted octanol–water partition coefficient (Wildman–Crippen LogP) is 0.0547. The van der Waals surface area contributed by atoms with Crippen LogP contribution >= 0.6 is 0 Å². The van der Waals surface area contributed by atoms with Crippen molar-refractivity contribution < 1.29 is 8.42 Å². The molecule has 0 heterocycles. The van der Waals surface area contributed by atoms with E-state index in [1.165, 1.54) is 0 Å². The van der Waals surface area contributed by atoms with Gasteiger partial charge in [-0.1, -0.05) is 17.7 Å². The van der Waals surface area contributed by atoms with E-state index in [0.717, 1.165) is 5.56 Å². The van der Waals surface area contributed by atoms with Crippen molar-refractivity contribution in [1.29, 1.82) is 0 Å². The van der Waals surface area contributed by atoms with Gasteiger partial charge in [0.1, 0.15) is 0 Å². The minimum Gasteiger partial charge on any atom is -0.329 e. The second-order valence-electron chi connectivity index (χ2n) is 3.59. The van der Waals surface area contributed by atoms with Gasteiger partial charge in [-0.25, -0.2) is 8.42 Å². The molecular weight excluding hydrogens is 212 g/mol. The topological polar surface area (TPSA) is 86.2 Å². The highest BCUT2D eigenvalue weighted by molar-refractivity contribution is 7.91. The Hall–Kier alpha value is -0.910. The van der Waals surface area contributed by atoms with Crippen LogP contribution in [0.15, 0.2) is 29.2 Å². The van der Waals surface area contributed by atoms with Crippen LogP contribution in [0.4, 0.5) is 0 Å². The average Bonchev–Trinajstić information content (AvgIpc) is 2.17. The zero-order valence-corrected chi connectivity index (χ0v) is 9.50. The van der Waals surface area contributed by atoms with Crippen LogP contribution in [0.5, 0.6) is 0 Å². The Morgan fingerprint density at radius 2 is 1.80 bits per heavy atom. The summed E-state index contributed by atoms with van der Waals surface area (Å²) in [4.78, 5) is 0.303. The van der Waals surface area contributed by atoms with E-state index < -0.39 is 15.9 Å². The van der Waals surface area contributed by atoms with Crippen LogP contribution < -0.4 is 11.5 Å². The lowest BCUT2D eigenvalue weighted by Gasteiger charge is -2.09. The monoisotopic (exact) mass is 228 g/mol. The molecular formula is C10H16N2O2S. The molecule has 0 aliphatic carbocycles. The summed E-state index contributed by atoms with van der Waals surface area (Å²) in [5.74, 6) is -0.105. The van der Waals surface area contributed by atoms with Crippen molar-refractivity contribution in [2.24, 2.45) is 11.5 Å². The van der Waals surface area contributed by atoms with Crippen molar-refractivity contribution in [3.8, 4) is 0 Å². The largest absolute Gasteiger partial charge is 0.329 e. The first kappa shape index (κ1) is 12.2. The van der Waals surface area contributed by atoms with Gasteiger partial charge in [-0.2, -0.15) is 0 Å². The maximum atomic E-state index is 11.8. The van der Waals surface area contributed by atoms with Crippen LogP contribution in [0.3, 0.4) is 0 Å². The van der Waals surface area contributed by atoms with E-state index in [1.54, 1.807) is 24.3 Å². The molecule has 0 aromatic heterocycles. The molecule has 0 saturated carbocycles. The quantitative estimate of drug-likeness (QED) is 0.762. The lowest BCUT2D eigenvalue weighted by molar-refractivity contribution is 0.587. The minimum atomic E-state index is -3.29. The van der Waals surface area contributed by atoms with E-state index in [9.17, 15) is 8.42 Å². The van der Waals surface area contributed by atoms with Gasteiger partial charge in [-0.3, -0.25) is 0 Å². The van der Waals surface area contributed by atoms with Crippen molar-refractivity contribution in [2.75, 3.05) is 12.3 Å². The van der Waals surface area contributed by atoms with Gasteiger partial charge >= 0.3 is 0 Å². The Bertz CT molecular complexity index is 412. The van der Waals surface area contributed by atoms with Crippen LogP contribution in [0, 0.1) is 6.92 Å². The van der Waals surface area contributed by atoms with Gasteiger partial charge in [0.05, 0.1) is 10.6 Å². The van der Waals surface area contributed by atoms with Crippen LogP contribution in [-0.4, -0.2) is 26.8 Å². The maximum Gasteiger partial charge on any atom is 0.179 e. The van der Waals surface area contributed by atoms with Gasteiger partial charge in [-0.05, 0) is 19.1 Å². The first-order valence-electron chi connectivity index (χ1n) is 4.71. The fourth-order valence-electron chi connectivity index (χ4n) is 1.19. The zero-order chi connectivity index (χ0) is 11.5. The van der Waals surface area contributed by atoms with Crippen LogP contribution in [0.1, 0.15) is 5.56 Å². The SMILES string of the molecule is Cc1ccc(S(=O)(=O)C[C@H](N)CN)cc1. The normalized spacial score (nSPS) is 13.8. The summed E-state index contributed by atoms with van der Waals surface area (Å²) < 4.78 is 23.6. The number of sulfone groups is 1. The van der Waals surface area contributed by atoms with Crippen molar-refractivity contribution in [1.82, 2.24) is 0 Å². The molecule has 0 saturated heterocycles. The second-order valence-corrected chi connectivity index (χ2v) is 5.62. The minimum absolute atomic E-state index is 0.105. The van der Waals surface area contributed by atoms with Gasteiger partial charge in [0.25, 0.3) is 0 Å². The summed E-state index contributed by atoms with van der Waals surface area (Å²) in [6.45, 7) is 2.08. The molecule has 15 heavy (non-hydrogen) atoms. The molecule has 84 valence electrons. The second kappa shape index (κ2) is 4.74. The molecule has 0 aliphatic heterocycles. The molecule has 0 amide bonds. The fraction of sp³-hybridized carbons (Fsp3) is 0.400. The molecule has 1 aromatic carbocycles. The molecule has 1 atom stereocenters. The first-order valence-corrected chi connectivity index (χ1v) is 6.36. The van der Waals surface area contributed by atoms with Gasteiger partial charge in [0.2, 0.25) is 0 Å². The first-order chi connectivity index (χ1) is 6.95. The van der Waals surface area contributed by atoms with E-state index in [0.29, 0.717) is 4.90 Å². The van der Waals surface area contributed by atoms with Crippen LogP contribution in [0.2, 0.25) is 0 Å². The van der Waals surface area contributed by atoms with Crippen LogP contribution in [0.25, 0.3) is 0 Å². The van der Waals surface area contributed by atoms with Gasteiger partial charge in [0.15, 0.2) is 9.84 Å². The van der Waals surface area contributed by atoms with E-state index in [2.05, 4.69) is 0 Å². The highest BCUT2D eigenvalue weighted by Gasteiger charge is 2.17. The van der Waals surface area contributed by atoms with Gasteiger partial charge in [0, 0.05) is 12.6 Å². The molecule has 0 radical (unpaired) electrons. The standard InChI is InChI=1S/C10H16N2O2S/c1-8-2-4-10(5-3-8)15(13,14)7-9(12)6-11/h2-5,9H,6-7,11-12H2,1H3/t9-/m1/s1. The van der Waals surface area contributed by atoms with Crippen molar-refractivity contribution in [2.45, 2.75) is 17.9 Å². The van der Waals surface area contributed by atoms with E-state index in [1.807, 2.05) is 6.92 Å². The molecule has 0 unspecified atom stereocenters. The third kappa shape index (κ3) is 3.30.